The van der Waals surface area contributed by atoms with E-state index < -0.39 is 0 Å². The highest BCUT2D eigenvalue weighted by atomic mass is 16.5. The third-order valence-electron chi connectivity index (χ3n) is 3.16. The zero-order valence-corrected chi connectivity index (χ0v) is 10.9. The van der Waals surface area contributed by atoms with Crippen molar-refractivity contribution < 1.29 is 4.74 Å². The highest BCUT2D eigenvalue weighted by Gasteiger charge is 2.05. The molecule has 3 N–H and O–H groups in total. The Morgan fingerprint density at radius 3 is 2.75 bits per heavy atom. The summed E-state index contributed by atoms with van der Waals surface area (Å²) in [4.78, 5) is 4.16. The predicted octanol–water partition coefficient (Wildman–Crippen LogP) is 3.10. The molecule has 0 aliphatic heterocycles. The van der Waals surface area contributed by atoms with Crippen LogP contribution in [0.3, 0.4) is 0 Å². The molecule has 0 radical (unpaired) electrons. The number of aromatic nitrogens is 1. The van der Waals surface area contributed by atoms with Crippen LogP contribution in [0.15, 0.2) is 60.8 Å². The van der Waals surface area contributed by atoms with Gasteiger partial charge in [-0.15, -0.1) is 0 Å². The fraction of sp³-hybridized carbons (Fsp3) is 0.0625. The van der Waals surface area contributed by atoms with Gasteiger partial charge in [0.25, 0.3) is 0 Å². The average Bonchev–Trinajstić information content (AvgIpc) is 2.53. The van der Waals surface area contributed by atoms with E-state index in [-0.39, 0.29) is 0 Å². The minimum absolute atomic E-state index is 0.418. The lowest BCUT2D eigenvalue weighted by Crippen LogP contribution is -2.12. The van der Waals surface area contributed by atoms with Crippen molar-refractivity contribution in [2.45, 2.75) is 6.61 Å². The summed E-state index contributed by atoms with van der Waals surface area (Å²) in [6, 6.07) is 18.0. The van der Waals surface area contributed by atoms with E-state index in [4.69, 9.17) is 10.6 Å². The number of ether oxygens (including phenoxy) is 1. The first kappa shape index (κ1) is 12.4. The van der Waals surface area contributed by atoms with Crippen LogP contribution < -0.4 is 16.0 Å². The number of pyridine rings is 1. The second-order valence-corrected chi connectivity index (χ2v) is 4.42. The van der Waals surface area contributed by atoms with Crippen LogP contribution in [-0.2, 0) is 6.61 Å². The van der Waals surface area contributed by atoms with Gasteiger partial charge in [-0.3, -0.25) is 0 Å². The number of nitrogens with two attached hydrogens (primary N) is 1. The van der Waals surface area contributed by atoms with Crippen LogP contribution in [0.5, 0.6) is 5.75 Å². The van der Waals surface area contributed by atoms with E-state index in [0.717, 1.165) is 22.1 Å². The molecule has 0 saturated heterocycles. The summed E-state index contributed by atoms with van der Waals surface area (Å²) in [6.07, 6.45) is 1.69. The van der Waals surface area contributed by atoms with Gasteiger partial charge in [-0.25, -0.2) is 10.8 Å². The monoisotopic (exact) mass is 265 g/mol. The third kappa shape index (κ3) is 2.41. The standard InChI is InChI=1S/C16H15N3O/c17-19-16-13(7-4-10-18-16)11-20-15-9-3-6-12-5-1-2-8-14(12)15/h1-10H,11,17H2,(H,18,19). The molecular weight excluding hydrogens is 250 g/mol. The number of nitrogen functional groups attached to an aromatic ring is 1. The van der Waals surface area contributed by atoms with Crippen molar-refractivity contribution in [2.75, 3.05) is 5.43 Å². The SMILES string of the molecule is NNc1ncccc1COc1cccc2ccccc12. The van der Waals surface area contributed by atoms with Gasteiger partial charge in [0.2, 0.25) is 0 Å². The number of fused-ring (bicyclic) bond motifs is 1. The number of nitrogens with zero attached hydrogens (tertiary/aromatic N) is 1. The van der Waals surface area contributed by atoms with E-state index >= 15 is 0 Å². The van der Waals surface area contributed by atoms with E-state index in [1.165, 1.54) is 0 Å². The van der Waals surface area contributed by atoms with Gasteiger partial charge >= 0.3 is 0 Å². The molecule has 1 heterocycles. The predicted molar refractivity (Wildman–Crippen MR) is 80.3 cm³/mol. The summed E-state index contributed by atoms with van der Waals surface area (Å²) in [6.45, 7) is 0.418. The second-order valence-electron chi connectivity index (χ2n) is 4.42. The molecule has 0 aliphatic rings. The number of anilines is 1. The first-order chi connectivity index (χ1) is 9.88. The molecular formula is C16H15N3O. The molecule has 1 aromatic heterocycles. The third-order valence-corrected chi connectivity index (χ3v) is 3.16. The Bertz CT molecular complexity index is 722. The van der Waals surface area contributed by atoms with E-state index in [9.17, 15) is 0 Å². The maximum atomic E-state index is 5.91. The van der Waals surface area contributed by atoms with Crippen molar-refractivity contribution in [3.05, 3.63) is 66.4 Å². The van der Waals surface area contributed by atoms with Crippen molar-refractivity contribution in [3.8, 4) is 5.75 Å². The molecule has 0 amide bonds. The molecule has 0 fully saturated rings. The maximum absolute atomic E-state index is 5.91. The van der Waals surface area contributed by atoms with Crippen LogP contribution in [0.25, 0.3) is 10.8 Å². The number of benzene rings is 2. The van der Waals surface area contributed by atoms with E-state index in [1.807, 2.05) is 36.4 Å². The molecule has 4 nitrogen and oxygen atoms in total. The summed E-state index contributed by atoms with van der Waals surface area (Å²) in [5, 5.41) is 2.26. The van der Waals surface area contributed by atoms with Gasteiger partial charge in [0, 0.05) is 17.1 Å². The van der Waals surface area contributed by atoms with Crippen LogP contribution in [0.1, 0.15) is 5.56 Å². The molecule has 20 heavy (non-hydrogen) atoms. The van der Waals surface area contributed by atoms with Gasteiger partial charge in [-0.2, -0.15) is 0 Å². The number of nitrogens with one attached hydrogen (secondary N) is 1. The van der Waals surface area contributed by atoms with Crippen LogP contribution in [0.4, 0.5) is 5.82 Å². The minimum atomic E-state index is 0.418. The van der Waals surface area contributed by atoms with Crippen molar-refractivity contribution in [3.63, 3.8) is 0 Å². The molecule has 0 aliphatic carbocycles. The first-order valence-electron chi connectivity index (χ1n) is 6.39. The summed E-state index contributed by atoms with van der Waals surface area (Å²) in [5.41, 5.74) is 3.50. The smallest absolute Gasteiger partial charge is 0.146 e. The first-order valence-corrected chi connectivity index (χ1v) is 6.39. The molecule has 4 heteroatoms. The van der Waals surface area contributed by atoms with Gasteiger partial charge in [-0.1, -0.05) is 42.5 Å². The summed E-state index contributed by atoms with van der Waals surface area (Å²) in [5.74, 6) is 6.93. The lowest BCUT2D eigenvalue weighted by molar-refractivity contribution is 0.310. The van der Waals surface area contributed by atoms with Gasteiger partial charge in [0.1, 0.15) is 18.2 Å². The highest BCUT2D eigenvalue weighted by molar-refractivity contribution is 5.88. The molecule has 0 unspecified atom stereocenters. The molecule has 0 atom stereocenters. The van der Waals surface area contributed by atoms with Gasteiger partial charge in [-0.05, 0) is 17.5 Å². The Labute approximate surface area is 117 Å². The van der Waals surface area contributed by atoms with Gasteiger partial charge < -0.3 is 10.2 Å². The van der Waals surface area contributed by atoms with E-state index in [1.54, 1.807) is 6.20 Å². The largest absolute Gasteiger partial charge is 0.488 e. The van der Waals surface area contributed by atoms with Crippen LogP contribution in [0, 0.1) is 0 Å². The number of rotatable bonds is 4. The zero-order valence-electron chi connectivity index (χ0n) is 10.9. The number of hydrazine groups is 1. The lowest BCUT2D eigenvalue weighted by Gasteiger charge is -2.11. The van der Waals surface area contributed by atoms with Crippen LogP contribution in [-0.4, -0.2) is 4.98 Å². The molecule has 0 spiro atoms. The fourth-order valence-corrected chi connectivity index (χ4v) is 2.16. The molecule has 0 saturated carbocycles. The maximum Gasteiger partial charge on any atom is 0.146 e. The highest BCUT2D eigenvalue weighted by Crippen LogP contribution is 2.26. The Hall–Kier alpha value is -2.59. The zero-order chi connectivity index (χ0) is 13.8. The molecule has 3 aromatic rings. The minimum Gasteiger partial charge on any atom is -0.488 e. The second kappa shape index (κ2) is 5.59. The Balaban J connectivity index is 1.87. The van der Waals surface area contributed by atoms with Crippen LogP contribution in [0.2, 0.25) is 0 Å². The summed E-state index contributed by atoms with van der Waals surface area (Å²) in [7, 11) is 0. The quantitative estimate of drug-likeness (QED) is 0.562. The molecule has 0 bridgehead atoms. The molecule has 2 aromatic carbocycles. The van der Waals surface area contributed by atoms with Crippen molar-refractivity contribution >= 4 is 16.6 Å². The van der Waals surface area contributed by atoms with Gasteiger partial charge in [0.05, 0.1) is 0 Å². The lowest BCUT2D eigenvalue weighted by atomic mass is 10.1. The summed E-state index contributed by atoms with van der Waals surface area (Å²) < 4.78 is 5.91. The Morgan fingerprint density at radius 1 is 1.00 bits per heavy atom. The Kier molecular flexibility index (Phi) is 3.48. The number of hydrogen-bond donors (Lipinski definition) is 2. The topological polar surface area (TPSA) is 60.2 Å². The van der Waals surface area contributed by atoms with Crippen LogP contribution >= 0.6 is 0 Å². The fourth-order valence-electron chi connectivity index (χ4n) is 2.16. The van der Waals surface area contributed by atoms with Crippen molar-refractivity contribution in [2.24, 2.45) is 5.84 Å². The molecule has 100 valence electrons. The van der Waals surface area contributed by atoms with Crippen molar-refractivity contribution in [1.82, 2.24) is 4.98 Å². The van der Waals surface area contributed by atoms with E-state index in [0.29, 0.717) is 12.4 Å². The van der Waals surface area contributed by atoms with Gasteiger partial charge in [0.15, 0.2) is 0 Å². The summed E-state index contributed by atoms with van der Waals surface area (Å²) >= 11 is 0. The number of hydrogen-bond acceptors (Lipinski definition) is 4. The van der Waals surface area contributed by atoms with Crippen molar-refractivity contribution in [1.29, 1.82) is 0 Å². The Morgan fingerprint density at radius 2 is 1.85 bits per heavy atom. The average molecular weight is 265 g/mol. The van der Waals surface area contributed by atoms with E-state index in [2.05, 4.69) is 28.6 Å². The normalized spacial score (nSPS) is 10.4. The molecule has 3 rings (SSSR count).